The van der Waals surface area contributed by atoms with Gasteiger partial charge in [-0.1, -0.05) is 133 Å². The minimum Gasteiger partial charge on any atom is -0.160 e. The number of halogens is 2. The Morgan fingerprint density at radius 1 is 0.362 bits per heavy atom. The third-order valence-corrected chi connectivity index (χ3v) is 12.6. The summed E-state index contributed by atoms with van der Waals surface area (Å²) in [5.41, 5.74) is 0. The third-order valence-electron chi connectivity index (χ3n) is 7.78. The quantitative estimate of drug-likeness (QED) is 0.0913. The minimum atomic E-state index is -0.556. The van der Waals surface area contributed by atoms with Gasteiger partial charge < -0.3 is 0 Å². The first-order valence-corrected chi connectivity index (χ1v) is 22.3. The molecular weight excluding hydrogens is 685 g/mol. The second-order valence-corrected chi connectivity index (χ2v) is 17.8. The van der Waals surface area contributed by atoms with Gasteiger partial charge in [0.25, 0.3) is 0 Å². The molecule has 0 aliphatic heterocycles. The normalized spacial score (nSPS) is 10.7. The number of benzene rings is 6. The number of fused-ring (bicyclic) bond motifs is 2. The monoisotopic (exact) mass is 716 g/mol. The molecule has 0 radical (unpaired) electrons. The topological polar surface area (TPSA) is 0 Å². The second kappa shape index (κ2) is 17.2. The molecule has 0 aliphatic rings. The second-order valence-electron chi connectivity index (χ2n) is 10.8. The van der Waals surface area contributed by atoms with E-state index in [0.29, 0.717) is 0 Å². The molecule has 0 atom stereocenters. The van der Waals surface area contributed by atoms with Crippen LogP contribution < -0.4 is 31.8 Å². The summed E-state index contributed by atoms with van der Waals surface area (Å²) in [5.74, 6) is 0. The number of rotatable bonds is 6. The fraction of sp³-hybridized carbons (Fsp3) is 0. The molecule has 0 aliphatic carbocycles. The van der Waals surface area contributed by atoms with Gasteiger partial charge in [-0.25, -0.2) is 0 Å². The molecule has 0 spiro atoms. The SMILES string of the molecule is [Cl][Ti][Cl].c1ccc(P(c2ccccc2)c2cc3ccccc3[cH-]2)cc1.c1ccc(P(c2ccccc2)c2cc3ccccc3[cH-]2)cc1. The molecule has 0 bridgehead atoms. The molecule has 230 valence electrons. The van der Waals surface area contributed by atoms with Gasteiger partial charge in [-0.15, -0.1) is 80.7 Å². The summed E-state index contributed by atoms with van der Waals surface area (Å²) in [4.78, 5) is 0. The molecular formula is C42H32Cl2P2Ti-2. The minimum absolute atomic E-state index is 0.493. The fourth-order valence-electron chi connectivity index (χ4n) is 5.73. The Labute approximate surface area is 296 Å². The summed E-state index contributed by atoms with van der Waals surface area (Å²) in [6, 6.07) is 70.0. The first kappa shape index (κ1) is 33.6. The van der Waals surface area contributed by atoms with Crippen molar-refractivity contribution in [1.29, 1.82) is 0 Å². The number of hydrogen-bond donors (Lipinski definition) is 0. The van der Waals surface area contributed by atoms with E-state index in [0.717, 1.165) is 0 Å². The van der Waals surface area contributed by atoms with E-state index in [4.69, 9.17) is 18.6 Å². The van der Waals surface area contributed by atoms with E-state index in [-0.39, 0.29) is 0 Å². The van der Waals surface area contributed by atoms with Crippen molar-refractivity contribution in [3.05, 3.63) is 194 Å². The van der Waals surface area contributed by atoms with E-state index in [1.54, 1.807) is 0 Å². The van der Waals surface area contributed by atoms with Crippen molar-refractivity contribution in [2.45, 2.75) is 0 Å². The first-order chi connectivity index (χ1) is 23.2. The molecule has 0 N–H and O–H groups in total. The van der Waals surface area contributed by atoms with Gasteiger partial charge in [0, 0.05) is 0 Å². The van der Waals surface area contributed by atoms with Crippen LogP contribution in [0, 0.1) is 0 Å². The molecule has 0 unspecified atom stereocenters. The zero-order valence-corrected chi connectivity index (χ0v) is 30.5. The average molecular weight is 717 g/mol. The molecule has 8 rings (SSSR count). The van der Waals surface area contributed by atoms with Crippen molar-refractivity contribution in [3.63, 3.8) is 0 Å². The predicted octanol–water partition coefficient (Wildman–Crippen LogP) is 10.0. The standard InChI is InChI=1S/2C21H16P.2ClH.Ti/c2*1-3-11-19(12-4-1)22(20-13-5-2-6-14-20)21-15-17-9-7-8-10-18(17)16-21;;;/h2*1-16H;2*1H;/q2*-1;;;+2/p-2. The van der Waals surface area contributed by atoms with Gasteiger partial charge >= 0.3 is 35.6 Å². The van der Waals surface area contributed by atoms with Gasteiger partial charge in [-0.3, -0.25) is 0 Å². The maximum Gasteiger partial charge on any atom is -0.0166 e. The maximum atomic E-state index is 4.89. The van der Waals surface area contributed by atoms with Crippen LogP contribution in [0.25, 0.3) is 21.5 Å². The molecule has 0 fully saturated rings. The molecule has 0 amide bonds. The zero-order valence-electron chi connectivity index (χ0n) is 25.6. The largest absolute Gasteiger partial charge is 0.160 e. The van der Waals surface area contributed by atoms with Crippen molar-refractivity contribution in [3.8, 4) is 0 Å². The van der Waals surface area contributed by atoms with Crippen molar-refractivity contribution in [2.24, 2.45) is 0 Å². The Kier molecular flexibility index (Phi) is 12.3. The number of hydrogen-bond acceptors (Lipinski definition) is 0. The average Bonchev–Trinajstić information content (AvgIpc) is 3.75. The van der Waals surface area contributed by atoms with Crippen LogP contribution in [0.15, 0.2) is 194 Å². The molecule has 0 nitrogen and oxygen atoms in total. The zero-order chi connectivity index (χ0) is 32.3. The molecule has 8 aromatic rings. The van der Waals surface area contributed by atoms with Crippen LogP contribution in [0.5, 0.6) is 0 Å². The molecule has 8 aromatic carbocycles. The van der Waals surface area contributed by atoms with E-state index in [9.17, 15) is 0 Å². The van der Waals surface area contributed by atoms with E-state index in [1.807, 2.05) is 0 Å². The van der Waals surface area contributed by atoms with E-state index in [2.05, 4.69) is 194 Å². The Balaban J connectivity index is 0.000000152. The Morgan fingerprint density at radius 3 is 0.894 bits per heavy atom. The van der Waals surface area contributed by atoms with Crippen molar-refractivity contribution < 1.29 is 17.0 Å². The van der Waals surface area contributed by atoms with Crippen molar-refractivity contribution in [1.82, 2.24) is 0 Å². The van der Waals surface area contributed by atoms with Gasteiger partial charge in [-0.2, -0.15) is 12.1 Å². The molecule has 5 heteroatoms. The van der Waals surface area contributed by atoms with Crippen LogP contribution in [-0.4, -0.2) is 0 Å². The summed E-state index contributed by atoms with van der Waals surface area (Å²) >= 11 is -0.556. The Bertz CT molecular complexity index is 1790. The smallest absolute Gasteiger partial charge is 0.0166 e. The fourth-order valence-corrected chi connectivity index (χ4v) is 10.5. The Hall–Kier alpha value is -3.31. The summed E-state index contributed by atoms with van der Waals surface area (Å²) in [6.45, 7) is 0. The molecule has 0 saturated heterocycles. The predicted molar refractivity (Wildman–Crippen MR) is 208 cm³/mol. The van der Waals surface area contributed by atoms with E-state index in [1.165, 1.54) is 53.4 Å². The van der Waals surface area contributed by atoms with Gasteiger partial charge in [0.1, 0.15) is 0 Å². The molecule has 0 aromatic heterocycles. The van der Waals surface area contributed by atoms with Gasteiger partial charge in [0.05, 0.1) is 0 Å². The van der Waals surface area contributed by atoms with Crippen LogP contribution in [0.4, 0.5) is 0 Å². The summed E-state index contributed by atoms with van der Waals surface area (Å²) in [5, 5.41) is 13.8. The van der Waals surface area contributed by atoms with Crippen LogP contribution >= 0.6 is 34.5 Å². The molecule has 47 heavy (non-hydrogen) atoms. The Morgan fingerprint density at radius 2 is 0.617 bits per heavy atom. The van der Waals surface area contributed by atoms with Crippen LogP contribution in [-0.2, 0) is 17.0 Å². The molecule has 0 saturated carbocycles. The van der Waals surface area contributed by atoms with Crippen LogP contribution in [0.2, 0.25) is 0 Å². The summed E-state index contributed by atoms with van der Waals surface area (Å²) < 4.78 is 0. The van der Waals surface area contributed by atoms with Gasteiger partial charge in [0.2, 0.25) is 0 Å². The van der Waals surface area contributed by atoms with Gasteiger partial charge in [-0.05, 0) is 37.1 Å². The maximum absolute atomic E-state index is 4.89. The van der Waals surface area contributed by atoms with E-state index >= 15 is 0 Å². The summed E-state index contributed by atoms with van der Waals surface area (Å²) in [6.07, 6.45) is 0. The van der Waals surface area contributed by atoms with Gasteiger partial charge in [0.15, 0.2) is 0 Å². The van der Waals surface area contributed by atoms with E-state index < -0.39 is 32.9 Å². The van der Waals surface area contributed by atoms with Crippen molar-refractivity contribution >= 4 is 87.8 Å². The third kappa shape index (κ3) is 8.60. The summed E-state index contributed by atoms with van der Waals surface area (Å²) in [7, 11) is 8.79. The van der Waals surface area contributed by atoms with Crippen LogP contribution in [0.3, 0.4) is 0 Å². The first-order valence-electron chi connectivity index (χ1n) is 15.3. The molecule has 0 heterocycles. The van der Waals surface area contributed by atoms with Crippen molar-refractivity contribution in [2.75, 3.05) is 0 Å². The van der Waals surface area contributed by atoms with Crippen LogP contribution in [0.1, 0.15) is 0 Å².